The number of aliphatic carboxylic acids is 1. The van der Waals surface area contributed by atoms with Crippen LogP contribution in [0.5, 0.6) is 0 Å². The van der Waals surface area contributed by atoms with Crippen molar-refractivity contribution in [2.45, 2.75) is 31.4 Å². The first-order valence-electron chi connectivity index (χ1n) is 8.41. The van der Waals surface area contributed by atoms with E-state index in [0.717, 1.165) is 23.1 Å². The minimum absolute atomic E-state index is 0.0120. The molecule has 5 nitrogen and oxygen atoms in total. The van der Waals surface area contributed by atoms with Crippen molar-refractivity contribution in [3.63, 3.8) is 0 Å². The molecule has 0 aromatic heterocycles. The van der Waals surface area contributed by atoms with Gasteiger partial charge < -0.3 is 15.2 Å². The van der Waals surface area contributed by atoms with E-state index in [-0.39, 0.29) is 18.4 Å². The monoisotopic (exact) mass is 339 g/mol. The van der Waals surface area contributed by atoms with Crippen LogP contribution in [0.4, 0.5) is 0 Å². The van der Waals surface area contributed by atoms with Gasteiger partial charge in [0.15, 0.2) is 6.10 Å². The minimum atomic E-state index is -0.880. The van der Waals surface area contributed by atoms with Gasteiger partial charge in [0.1, 0.15) is 0 Å². The zero-order valence-electron chi connectivity index (χ0n) is 13.9. The Labute approximate surface area is 146 Å². The molecule has 1 amide bonds. The van der Waals surface area contributed by atoms with Gasteiger partial charge in [0, 0.05) is 6.42 Å². The van der Waals surface area contributed by atoms with Crippen LogP contribution >= 0.6 is 0 Å². The lowest BCUT2D eigenvalue weighted by molar-refractivity contribution is -0.138. The maximum atomic E-state index is 12.8. The Balaban J connectivity index is 1.77. The van der Waals surface area contributed by atoms with Crippen LogP contribution in [0.15, 0.2) is 54.6 Å². The first-order chi connectivity index (χ1) is 12.1. The summed E-state index contributed by atoms with van der Waals surface area (Å²) < 4.78 is 5.70. The Hall–Kier alpha value is -2.66. The molecule has 130 valence electrons. The summed E-state index contributed by atoms with van der Waals surface area (Å²) in [5.74, 6) is -1.11. The lowest BCUT2D eigenvalue weighted by Gasteiger charge is -2.27. The lowest BCUT2D eigenvalue weighted by atomic mass is 9.96. The van der Waals surface area contributed by atoms with E-state index in [2.05, 4.69) is 5.32 Å². The third-order valence-corrected chi connectivity index (χ3v) is 4.40. The Morgan fingerprint density at radius 2 is 1.84 bits per heavy atom. The molecule has 2 atom stereocenters. The highest BCUT2D eigenvalue weighted by atomic mass is 16.5. The summed E-state index contributed by atoms with van der Waals surface area (Å²) in [6, 6.07) is 16.8. The maximum Gasteiger partial charge on any atom is 0.303 e. The van der Waals surface area contributed by atoms with Crippen molar-refractivity contribution in [3.05, 3.63) is 71.3 Å². The van der Waals surface area contributed by atoms with Gasteiger partial charge in [-0.3, -0.25) is 9.59 Å². The van der Waals surface area contributed by atoms with Gasteiger partial charge in [-0.05, 0) is 29.5 Å². The van der Waals surface area contributed by atoms with Crippen LogP contribution in [0.1, 0.15) is 41.7 Å². The number of carboxylic acids is 1. The number of carbonyl (C=O) groups excluding carboxylic acids is 1. The number of ether oxygens (including phenoxy) is 1. The number of hydrogen-bond acceptors (Lipinski definition) is 3. The Kier molecular flexibility index (Phi) is 5.46. The average molecular weight is 339 g/mol. The van der Waals surface area contributed by atoms with Crippen molar-refractivity contribution in [1.29, 1.82) is 0 Å². The number of carboxylic acid groups (broad SMARTS) is 1. The molecule has 1 heterocycles. The second-order valence-corrected chi connectivity index (χ2v) is 6.10. The van der Waals surface area contributed by atoms with E-state index >= 15 is 0 Å². The van der Waals surface area contributed by atoms with Gasteiger partial charge in [-0.15, -0.1) is 0 Å². The molecule has 0 aliphatic carbocycles. The Morgan fingerprint density at radius 3 is 2.60 bits per heavy atom. The molecule has 1 aliphatic heterocycles. The summed E-state index contributed by atoms with van der Waals surface area (Å²) in [5.41, 5.74) is 2.90. The van der Waals surface area contributed by atoms with Gasteiger partial charge in [0.2, 0.25) is 0 Å². The maximum absolute atomic E-state index is 12.8. The van der Waals surface area contributed by atoms with E-state index in [0.29, 0.717) is 13.0 Å². The molecule has 2 unspecified atom stereocenters. The fourth-order valence-corrected chi connectivity index (χ4v) is 3.13. The van der Waals surface area contributed by atoms with E-state index in [1.165, 1.54) is 0 Å². The van der Waals surface area contributed by atoms with Crippen molar-refractivity contribution in [2.75, 3.05) is 6.61 Å². The molecule has 2 aromatic carbocycles. The van der Waals surface area contributed by atoms with E-state index in [1.54, 1.807) is 0 Å². The van der Waals surface area contributed by atoms with Crippen LogP contribution < -0.4 is 5.32 Å². The van der Waals surface area contributed by atoms with E-state index in [4.69, 9.17) is 9.84 Å². The summed E-state index contributed by atoms with van der Waals surface area (Å²) in [6.07, 6.45) is 0.462. The van der Waals surface area contributed by atoms with Crippen molar-refractivity contribution < 1.29 is 19.4 Å². The normalized spacial score (nSPS) is 17.4. The Bertz CT molecular complexity index is 744. The lowest BCUT2D eigenvalue weighted by Crippen LogP contribution is -2.36. The summed E-state index contributed by atoms with van der Waals surface area (Å²) in [5, 5.41) is 12.0. The molecule has 2 N–H and O–H groups in total. The predicted molar refractivity (Wildman–Crippen MR) is 93.0 cm³/mol. The molecular formula is C20H21NO4. The van der Waals surface area contributed by atoms with Crippen LogP contribution in [-0.4, -0.2) is 23.6 Å². The number of carbonyl (C=O) groups is 2. The molecule has 0 spiro atoms. The van der Waals surface area contributed by atoms with E-state index in [9.17, 15) is 9.59 Å². The second-order valence-electron chi connectivity index (χ2n) is 6.10. The molecule has 0 radical (unpaired) electrons. The third-order valence-electron chi connectivity index (χ3n) is 4.40. The van der Waals surface area contributed by atoms with Crippen LogP contribution in [0.2, 0.25) is 0 Å². The topological polar surface area (TPSA) is 75.6 Å². The number of nitrogens with one attached hydrogen (secondary N) is 1. The Morgan fingerprint density at radius 1 is 1.12 bits per heavy atom. The van der Waals surface area contributed by atoms with Crippen molar-refractivity contribution in [2.24, 2.45) is 0 Å². The number of fused-ring (bicyclic) bond motifs is 1. The summed E-state index contributed by atoms with van der Waals surface area (Å²) in [4.78, 5) is 23.8. The van der Waals surface area contributed by atoms with Gasteiger partial charge in [-0.1, -0.05) is 54.6 Å². The van der Waals surface area contributed by atoms with Crippen molar-refractivity contribution >= 4 is 11.9 Å². The van der Waals surface area contributed by atoms with E-state index in [1.807, 2.05) is 54.6 Å². The van der Waals surface area contributed by atoms with Gasteiger partial charge in [0.05, 0.1) is 12.6 Å². The number of benzene rings is 2. The largest absolute Gasteiger partial charge is 0.481 e. The second kappa shape index (κ2) is 7.94. The highest BCUT2D eigenvalue weighted by Crippen LogP contribution is 2.28. The van der Waals surface area contributed by atoms with Crippen LogP contribution in [-0.2, 0) is 20.7 Å². The molecule has 25 heavy (non-hydrogen) atoms. The van der Waals surface area contributed by atoms with Crippen LogP contribution in [0.3, 0.4) is 0 Å². The molecule has 0 saturated carbocycles. The first kappa shape index (κ1) is 17.2. The molecule has 5 heteroatoms. The molecule has 3 rings (SSSR count). The molecule has 0 fully saturated rings. The van der Waals surface area contributed by atoms with Gasteiger partial charge in [-0.25, -0.2) is 0 Å². The smallest absolute Gasteiger partial charge is 0.303 e. The van der Waals surface area contributed by atoms with Crippen LogP contribution in [0, 0.1) is 0 Å². The molecular weight excluding hydrogens is 318 g/mol. The predicted octanol–water partition coefficient (Wildman–Crippen LogP) is 3.02. The summed E-state index contributed by atoms with van der Waals surface area (Å²) in [6.45, 7) is 0.500. The van der Waals surface area contributed by atoms with Gasteiger partial charge in [-0.2, -0.15) is 0 Å². The zero-order chi connectivity index (χ0) is 17.6. The van der Waals surface area contributed by atoms with Crippen molar-refractivity contribution in [3.8, 4) is 0 Å². The fraction of sp³-hybridized carbons (Fsp3) is 0.300. The average Bonchev–Trinajstić information content (AvgIpc) is 2.65. The van der Waals surface area contributed by atoms with E-state index < -0.39 is 12.1 Å². The number of hydrogen-bond donors (Lipinski definition) is 2. The molecule has 1 aliphatic rings. The molecule has 2 aromatic rings. The van der Waals surface area contributed by atoms with Gasteiger partial charge in [0.25, 0.3) is 5.91 Å². The van der Waals surface area contributed by atoms with Gasteiger partial charge >= 0.3 is 5.97 Å². The number of amides is 1. The quantitative estimate of drug-likeness (QED) is 0.848. The molecule has 0 saturated heterocycles. The minimum Gasteiger partial charge on any atom is -0.481 e. The highest BCUT2D eigenvalue weighted by molar-refractivity contribution is 5.83. The van der Waals surface area contributed by atoms with Crippen molar-refractivity contribution in [1.82, 2.24) is 5.32 Å². The number of rotatable bonds is 6. The molecule has 0 bridgehead atoms. The first-order valence-corrected chi connectivity index (χ1v) is 8.41. The van der Waals surface area contributed by atoms with Crippen LogP contribution in [0.25, 0.3) is 0 Å². The highest BCUT2D eigenvalue weighted by Gasteiger charge is 2.29. The SMILES string of the molecule is O=C(O)CCC(NC(=O)C1OCCc2ccccc21)c1ccccc1. The third kappa shape index (κ3) is 4.25. The zero-order valence-corrected chi connectivity index (χ0v) is 13.9. The standard InChI is InChI=1S/C20H21NO4/c22-18(23)11-10-17(15-7-2-1-3-8-15)21-20(24)19-16-9-5-4-6-14(16)12-13-25-19/h1-9,17,19H,10-13H2,(H,21,24)(H,22,23). The summed E-state index contributed by atoms with van der Waals surface area (Å²) in [7, 11) is 0. The fourth-order valence-electron chi connectivity index (χ4n) is 3.13. The summed E-state index contributed by atoms with van der Waals surface area (Å²) >= 11 is 0.